The Kier molecular flexibility index (Phi) is 3.50. The Balaban J connectivity index is 1.91. The molecule has 0 spiro atoms. The second-order valence-corrected chi connectivity index (χ2v) is 4.57. The summed E-state index contributed by atoms with van der Waals surface area (Å²) in [6, 6.07) is 7.10. The van der Waals surface area contributed by atoms with Gasteiger partial charge in [0.25, 0.3) is 0 Å². The van der Waals surface area contributed by atoms with Crippen molar-refractivity contribution in [3.8, 4) is 0 Å². The lowest BCUT2D eigenvalue weighted by Gasteiger charge is -2.16. The molecule has 1 aromatic carbocycles. The highest BCUT2D eigenvalue weighted by Gasteiger charge is 2.27. The van der Waals surface area contributed by atoms with Crippen LogP contribution in [-0.2, 0) is 16.0 Å². The normalized spacial score (nSPS) is 18.6. The fourth-order valence-electron chi connectivity index (χ4n) is 2.11. The Labute approximate surface area is 105 Å². The summed E-state index contributed by atoms with van der Waals surface area (Å²) in [6.45, 7) is 1.69. The molecule has 18 heavy (non-hydrogen) atoms. The van der Waals surface area contributed by atoms with Gasteiger partial charge in [-0.05, 0) is 18.6 Å². The van der Waals surface area contributed by atoms with Crippen molar-refractivity contribution in [1.82, 2.24) is 5.32 Å². The number of hydrogen-bond donors (Lipinski definition) is 3. The Morgan fingerprint density at radius 1 is 1.50 bits per heavy atom. The third-order valence-corrected chi connectivity index (χ3v) is 2.96. The summed E-state index contributed by atoms with van der Waals surface area (Å²) in [4.78, 5) is 22.5. The minimum absolute atomic E-state index is 0.0641. The molecule has 1 amide bonds. The molecule has 2 unspecified atom stereocenters. The summed E-state index contributed by atoms with van der Waals surface area (Å²) >= 11 is 0. The van der Waals surface area contributed by atoms with Crippen molar-refractivity contribution in [2.75, 3.05) is 5.32 Å². The predicted octanol–water partition coefficient (Wildman–Crippen LogP) is 1.00. The number of fused-ring (bicyclic) bond motifs is 1. The van der Waals surface area contributed by atoms with Crippen LogP contribution in [0.15, 0.2) is 24.3 Å². The number of anilines is 1. The molecule has 0 saturated heterocycles. The molecule has 3 N–H and O–H groups in total. The van der Waals surface area contributed by atoms with Crippen LogP contribution in [-0.4, -0.2) is 29.1 Å². The van der Waals surface area contributed by atoms with Gasteiger partial charge in [-0.3, -0.25) is 9.59 Å². The molecule has 5 nitrogen and oxygen atoms in total. The summed E-state index contributed by atoms with van der Waals surface area (Å²) in [5.74, 6) is -1.06. The number of nitrogens with one attached hydrogen (secondary N) is 2. The van der Waals surface area contributed by atoms with Crippen LogP contribution in [0.25, 0.3) is 0 Å². The van der Waals surface area contributed by atoms with E-state index in [1.807, 2.05) is 24.3 Å². The quantitative estimate of drug-likeness (QED) is 0.743. The van der Waals surface area contributed by atoms with E-state index in [4.69, 9.17) is 5.11 Å². The van der Waals surface area contributed by atoms with Gasteiger partial charge in [-0.25, -0.2) is 0 Å². The van der Waals surface area contributed by atoms with E-state index in [0.29, 0.717) is 6.42 Å². The molecular formula is C13H16N2O3. The van der Waals surface area contributed by atoms with Crippen LogP contribution in [0.2, 0.25) is 0 Å². The Morgan fingerprint density at radius 3 is 2.89 bits per heavy atom. The zero-order chi connectivity index (χ0) is 13.1. The summed E-state index contributed by atoms with van der Waals surface area (Å²) in [7, 11) is 0. The van der Waals surface area contributed by atoms with E-state index in [-0.39, 0.29) is 24.4 Å². The van der Waals surface area contributed by atoms with E-state index in [2.05, 4.69) is 10.6 Å². The second kappa shape index (κ2) is 5.08. The molecular weight excluding hydrogens is 232 g/mol. The fourth-order valence-corrected chi connectivity index (χ4v) is 2.11. The maximum absolute atomic E-state index is 11.9. The van der Waals surface area contributed by atoms with Gasteiger partial charge < -0.3 is 15.7 Å². The van der Waals surface area contributed by atoms with Crippen molar-refractivity contribution < 1.29 is 14.7 Å². The lowest BCUT2D eigenvalue weighted by atomic mass is 10.1. The van der Waals surface area contributed by atoms with Crippen LogP contribution < -0.4 is 10.6 Å². The number of aliphatic carboxylic acids is 1. The zero-order valence-corrected chi connectivity index (χ0v) is 10.1. The van der Waals surface area contributed by atoms with Crippen molar-refractivity contribution in [1.29, 1.82) is 0 Å². The van der Waals surface area contributed by atoms with E-state index >= 15 is 0 Å². The van der Waals surface area contributed by atoms with Crippen LogP contribution in [0, 0.1) is 0 Å². The van der Waals surface area contributed by atoms with Gasteiger partial charge in [0, 0.05) is 18.2 Å². The van der Waals surface area contributed by atoms with Gasteiger partial charge in [-0.2, -0.15) is 0 Å². The summed E-state index contributed by atoms with van der Waals surface area (Å²) in [6.07, 6.45) is 0.577. The number of hydrogen-bond acceptors (Lipinski definition) is 3. The lowest BCUT2D eigenvalue weighted by Crippen LogP contribution is -2.43. The van der Waals surface area contributed by atoms with Gasteiger partial charge >= 0.3 is 5.97 Å². The van der Waals surface area contributed by atoms with Crippen LogP contribution in [0.4, 0.5) is 5.69 Å². The molecule has 2 rings (SSSR count). The maximum Gasteiger partial charge on any atom is 0.305 e. The molecule has 1 aromatic rings. The average molecular weight is 248 g/mol. The third kappa shape index (κ3) is 2.80. The Bertz CT molecular complexity index is 448. The number of carboxylic acid groups (broad SMARTS) is 1. The monoisotopic (exact) mass is 248 g/mol. The number of para-hydroxylation sites is 1. The molecule has 5 heteroatoms. The van der Waals surface area contributed by atoms with Gasteiger partial charge in [-0.1, -0.05) is 18.2 Å². The first-order chi connectivity index (χ1) is 8.56. The number of carboxylic acids is 1. The van der Waals surface area contributed by atoms with E-state index < -0.39 is 5.97 Å². The molecule has 0 saturated carbocycles. The minimum atomic E-state index is -0.912. The molecule has 2 atom stereocenters. The number of amides is 1. The molecule has 0 radical (unpaired) electrons. The highest BCUT2D eigenvalue weighted by molar-refractivity contribution is 5.87. The highest BCUT2D eigenvalue weighted by Crippen LogP contribution is 2.25. The number of carbonyl (C=O) groups is 2. The molecule has 1 aliphatic rings. The van der Waals surface area contributed by atoms with E-state index in [9.17, 15) is 9.59 Å². The van der Waals surface area contributed by atoms with Crippen molar-refractivity contribution in [3.05, 3.63) is 29.8 Å². The zero-order valence-electron chi connectivity index (χ0n) is 10.1. The largest absolute Gasteiger partial charge is 0.481 e. The first-order valence-electron chi connectivity index (χ1n) is 5.93. The first-order valence-corrected chi connectivity index (χ1v) is 5.93. The van der Waals surface area contributed by atoms with Gasteiger partial charge in [0.2, 0.25) is 5.91 Å². The summed E-state index contributed by atoms with van der Waals surface area (Å²) < 4.78 is 0. The number of carbonyl (C=O) groups excluding carboxylic acids is 1. The van der Waals surface area contributed by atoms with E-state index in [1.54, 1.807) is 6.92 Å². The van der Waals surface area contributed by atoms with Crippen molar-refractivity contribution in [3.63, 3.8) is 0 Å². The number of rotatable bonds is 4. The van der Waals surface area contributed by atoms with Crippen molar-refractivity contribution in [2.24, 2.45) is 0 Å². The standard InChI is InChI=1S/C13H16N2O3/c1-8(6-12(16)17)14-13(18)11-7-9-4-2-3-5-10(9)15-11/h2-5,8,11,15H,6-7H2,1H3,(H,14,18)(H,16,17). The molecule has 96 valence electrons. The van der Waals surface area contributed by atoms with Gasteiger partial charge in [-0.15, -0.1) is 0 Å². The molecule has 0 bridgehead atoms. The van der Waals surface area contributed by atoms with Gasteiger partial charge in [0.1, 0.15) is 6.04 Å². The number of benzene rings is 1. The van der Waals surface area contributed by atoms with Crippen molar-refractivity contribution >= 4 is 17.6 Å². The first kappa shape index (κ1) is 12.4. The van der Waals surface area contributed by atoms with Crippen LogP contribution >= 0.6 is 0 Å². The molecule has 0 fully saturated rings. The van der Waals surface area contributed by atoms with Crippen LogP contribution in [0.1, 0.15) is 18.9 Å². The predicted molar refractivity (Wildman–Crippen MR) is 67.4 cm³/mol. The highest BCUT2D eigenvalue weighted by atomic mass is 16.4. The van der Waals surface area contributed by atoms with Crippen LogP contribution in [0.3, 0.4) is 0 Å². The second-order valence-electron chi connectivity index (χ2n) is 4.57. The summed E-state index contributed by atoms with van der Waals surface area (Å²) in [5, 5.41) is 14.5. The Hall–Kier alpha value is -2.04. The van der Waals surface area contributed by atoms with Crippen LogP contribution in [0.5, 0.6) is 0 Å². The van der Waals surface area contributed by atoms with Gasteiger partial charge in [0.05, 0.1) is 6.42 Å². The molecule has 0 aromatic heterocycles. The minimum Gasteiger partial charge on any atom is -0.481 e. The Morgan fingerprint density at radius 2 is 2.22 bits per heavy atom. The molecule has 1 aliphatic heterocycles. The lowest BCUT2D eigenvalue weighted by molar-refractivity contribution is -0.137. The van der Waals surface area contributed by atoms with Crippen molar-refractivity contribution in [2.45, 2.75) is 31.8 Å². The van der Waals surface area contributed by atoms with E-state index in [0.717, 1.165) is 11.3 Å². The summed E-state index contributed by atoms with van der Waals surface area (Å²) in [5.41, 5.74) is 2.09. The third-order valence-electron chi connectivity index (χ3n) is 2.96. The molecule has 0 aliphatic carbocycles. The SMILES string of the molecule is CC(CC(=O)O)NC(=O)C1Cc2ccccc2N1. The smallest absolute Gasteiger partial charge is 0.305 e. The average Bonchev–Trinajstić information content (AvgIpc) is 2.71. The molecule has 1 heterocycles. The van der Waals surface area contributed by atoms with E-state index in [1.165, 1.54) is 0 Å². The fraction of sp³-hybridized carbons (Fsp3) is 0.385. The van der Waals surface area contributed by atoms with Gasteiger partial charge in [0.15, 0.2) is 0 Å². The topological polar surface area (TPSA) is 78.4 Å². The maximum atomic E-state index is 11.9.